The minimum Gasteiger partial charge on any atom is -0.473 e. The molecule has 1 aliphatic rings. The Hall–Kier alpha value is -2.82. The molecule has 2 aromatic carbocycles. The monoisotopic (exact) mass is 572 g/mol. The van der Waals surface area contributed by atoms with E-state index in [1.54, 1.807) is 35.7 Å². The number of hydrogen-bond acceptors (Lipinski definition) is 8. The Labute approximate surface area is 238 Å². The quantitative estimate of drug-likeness (QED) is 0.152. The standard InChI is InChI=1S/C29H36N2O6S2/c1-7-38-26-24(19(3)32)25(33)30(26)23(17-12-20-10-13-21(14-11-20)31(35)36)27(39-28(34)29(4,5)6)37-22-15-8-18(2)9-16-22/h8-11,13-17,19,24,26-27,32H,7,12H2,1-6H3/t19-,24+,26-,27?/m1/s1. The highest BCUT2D eigenvalue weighted by molar-refractivity contribution is 8.14. The molecule has 1 heterocycles. The Bertz CT molecular complexity index is 1210. The number of nitrogens with zero attached hydrogens (tertiary/aromatic N) is 2. The number of rotatable bonds is 11. The SMILES string of the molecule is CCS[C@@H]1[C@@H]([C@@H](C)O)C(=O)N1C(=CCc1ccc([N+](=O)[O-])cc1)C(Oc1ccc(C)cc1)SC(=O)C(C)(C)C. The van der Waals surface area contributed by atoms with Gasteiger partial charge in [-0.05, 0) is 55.5 Å². The van der Waals surface area contributed by atoms with Gasteiger partial charge >= 0.3 is 0 Å². The fourth-order valence-corrected chi connectivity index (χ4v) is 6.30. The number of ether oxygens (including phenoxy) is 1. The smallest absolute Gasteiger partial charge is 0.269 e. The lowest BCUT2D eigenvalue weighted by atomic mass is 9.91. The van der Waals surface area contributed by atoms with Gasteiger partial charge in [0, 0.05) is 17.5 Å². The van der Waals surface area contributed by atoms with Crippen LogP contribution in [0.25, 0.3) is 0 Å². The summed E-state index contributed by atoms with van der Waals surface area (Å²) in [4.78, 5) is 38.9. The lowest BCUT2D eigenvalue weighted by molar-refractivity contribution is -0.384. The van der Waals surface area contributed by atoms with Gasteiger partial charge < -0.3 is 9.84 Å². The van der Waals surface area contributed by atoms with Gasteiger partial charge in [0.2, 0.25) is 5.91 Å². The number of carbonyl (C=O) groups is 2. The molecule has 1 N–H and O–H groups in total. The van der Waals surface area contributed by atoms with Crippen LogP contribution in [0.1, 0.15) is 45.7 Å². The van der Waals surface area contributed by atoms with Gasteiger partial charge in [0.15, 0.2) is 10.6 Å². The first-order chi connectivity index (χ1) is 18.3. The number of likely N-dealkylation sites (tertiary alicyclic amines) is 1. The average molecular weight is 573 g/mol. The molecule has 8 nitrogen and oxygen atoms in total. The molecule has 3 rings (SSSR count). The molecule has 2 aromatic rings. The van der Waals surface area contributed by atoms with Crippen LogP contribution >= 0.6 is 23.5 Å². The van der Waals surface area contributed by atoms with Gasteiger partial charge in [-0.2, -0.15) is 0 Å². The van der Waals surface area contributed by atoms with Crippen molar-refractivity contribution in [2.75, 3.05) is 5.75 Å². The molecule has 0 radical (unpaired) electrons. The third kappa shape index (κ3) is 7.64. The van der Waals surface area contributed by atoms with Crippen molar-refractivity contribution < 1.29 is 24.4 Å². The molecule has 0 aliphatic carbocycles. The summed E-state index contributed by atoms with van der Waals surface area (Å²) in [5.41, 5.74) is 0.886. The third-order valence-electron chi connectivity index (χ3n) is 6.25. The predicted octanol–water partition coefficient (Wildman–Crippen LogP) is 5.96. The molecular formula is C29H36N2O6S2. The zero-order valence-corrected chi connectivity index (χ0v) is 24.8. The van der Waals surface area contributed by atoms with Crippen molar-refractivity contribution in [1.82, 2.24) is 4.90 Å². The molecule has 210 valence electrons. The molecule has 1 unspecified atom stereocenters. The lowest BCUT2D eigenvalue weighted by Crippen LogP contribution is -2.63. The van der Waals surface area contributed by atoms with E-state index in [9.17, 15) is 24.8 Å². The zero-order valence-electron chi connectivity index (χ0n) is 23.1. The van der Waals surface area contributed by atoms with E-state index >= 15 is 0 Å². The van der Waals surface area contributed by atoms with Gasteiger partial charge in [-0.3, -0.25) is 24.6 Å². The van der Waals surface area contributed by atoms with Crippen molar-refractivity contribution in [3.63, 3.8) is 0 Å². The van der Waals surface area contributed by atoms with Crippen LogP contribution in [0, 0.1) is 28.4 Å². The summed E-state index contributed by atoms with van der Waals surface area (Å²) in [5.74, 6) is 0.485. The molecule has 10 heteroatoms. The highest BCUT2D eigenvalue weighted by atomic mass is 32.2. The molecule has 1 aliphatic heterocycles. The number of hydrogen-bond donors (Lipinski definition) is 1. The Balaban J connectivity index is 2.07. The van der Waals surface area contributed by atoms with Crippen LogP contribution in [0.3, 0.4) is 0 Å². The molecule has 1 fully saturated rings. The number of non-ortho nitro benzene ring substituents is 1. The fraction of sp³-hybridized carbons (Fsp3) is 0.448. The zero-order chi connectivity index (χ0) is 28.9. The van der Waals surface area contributed by atoms with E-state index < -0.39 is 27.8 Å². The molecule has 39 heavy (non-hydrogen) atoms. The second-order valence-electron chi connectivity index (χ2n) is 10.5. The molecule has 1 amide bonds. The molecule has 4 atom stereocenters. The van der Waals surface area contributed by atoms with Crippen molar-refractivity contribution >= 4 is 40.2 Å². The van der Waals surface area contributed by atoms with E-state index in [2.05, 4.69) is 0 Å². The number of aryl methyl sites for hydroxylation is 1. The Morgan fingerprint density at radius 3 is 2.31 bits per heavy atom. The van der Waals surface area contributed by atoms with Gasteiger partial charge in [-0.1, -0.05) is 63.6 Å². The normalized spacial score (nSPS) is 19.3. The van der Waals surface area contributed by atoms with Crippen LogP contribution < -0.4 is 4.74 Å². The van der Waals surface area contributed by atoms with Crippen molar-refractivity contribution in [3.05, 3.63) is 81.5 Å². The first-order valence-electron chi connectivity index (χ1n) is 12.8. The second-order valence-corrected chi connectivity index (χ2v) is 12.9. The number of thioether (sulfide) groups is 2. The van der Waals surface area contributed by atoms with Gasteiger partial charge in [-0.25, -0.2) is 0 Å². The van der Waals surface area contributed by atoms with Crippen molar-refractivity contribution in [1.29, 1.82) is 0 Å². The number of β-lactam (4-membered cyclic amide) rings is 1. The highest BCUT2D eigenvalue weighted by Crippen LogP contribution is 2.44. The third-order valence-corrected chi connectivity index (χ3v) is 8.80. The van der Waals surface area contributed by atoms with Crippen molar-refractivity contribution in [2.24, 2.45) is 11.3 Å². The van der Waals surface area contributed by atoms with Crippen LogP contribution in [0.4, 0.5) is 5.69 Å². The second kappa shape index (κ2) is 13.0. The van der Waals surface area contributed by atoms with Crippen LogP contribution in [-0.2, 0) is 16.0 Å². The summed E-state index contributed by atoms with van der Waals surface area (Å²) in [6, 6.07) is 13.7. The number of benzene rings is 2. The number of carbonyl (C=O) groups excluding carboxylic acids is 2. The van der Waals surface area contributed by atoms with Crippen molar-refractivity contribution in [2.45, 2.75) is 64.9 Å². The van der Waals surface area contributed by atoms with Crippen molar-refractivity contribution in [3.8, 4) is 5.75 Å². The summed E-state index contributed by atoms with van der Waals surface area (Å²) in [7, 11) is 0. The number of amides is 1. The van der Waals surface area contributed by atoms with E-state index in [4.69, 9.17) is 4.74 Å². The molecule has 0 aromatic heterocycles. The van der Waals surface area contributed by atoms with E-state index in [0.717, 1.165) is 28.6 Å². The number of nitro benzene ring substituents is 1. The molecule has 1 saturated heterocycles. The highest BCUT2D eigenvalue weighted by Gasteiger charge is 2.53. The maximum atomic E-state index is 13.4. The van der Waals surface area contributed by atoms with E-state index in [0.29, 0.717) is 17.9 Å². The Kier molecular flexibility index (Phi) is 10.3. The Morgan fingerprint density at radius 2 is 1.79 bits per heavy atom. The summed E-state index contributed by atoms with van der Waals surface area (Å²) in [5, 5.41) is 21.0. The van der Waals surface area contributed by atoms with Gasteiger partial charge in [0.25, 0.3) is 5.69 Å². The number of aliphatic hydroxyl groups excluding tert-OH is 1. The van der Waals surface area contributed by atoms with Crippen LogP contribution in [0.15, 0.2) is 60.3 Å². The minimum atomic E-state index is -0.837. The topological polar surface area (TPSA) is 110 Å². The molecule has 0 spiro atoms. The van der Waals surface area contributed by atoms with Gasteiger partial charge in [-0.15, -0.1) is 11.8 Å². The van der Waals surface area contributed by atoms with Crippen LogP contribution in [-0.4, -0.2) is 48.6 Å². The van der Waals surface area contributed by atoms with E-state index in [1.807, 2.05) is 65.0 Å². The Morgan fingerprint density at radius 1 is 1.18 bits per heavy atom. The first kappa shape index (κ1) is 30.7. The summed E-state index contributed by atoms with van der Waals surface area (Å²) in [6.07, 6.45) is 1.38. The van der Waals surface area contributed by atoms with Gasteiger partial charge in [0.1, 0.15) is 5.75 Å². The summed E-state index contributed by atoms with van der Waals surface area (Å²) in [6.45, 7) is 11.1. The van der Waals surface area contributed by atoms with Gasteiger partial charge in [0.05, 0.1) is 28.0 Å². The number of nitro groups is 1. The average Bonchev–Trinajstić information content (AvgIpc) is 2.86. The molecule has 0 bridgehead atoms. The summed E-state index contributed by atoms with van der Waals surface area (Å²) >= 11 is 2.58. The number of aliphatic hydroxyl groups is 1. The van der Waals surface area contributed by atoms with Crippen LogP contribution in [0.2, 0.25) is 0 Å². The lowest BCUT2D eigenvalue weighted by Gasteiger charge is -2.49. The minimum absolute atomic E-state index is 0.00744. The predicted molar refractivity (Wildman–Crippen MR) is 156 cm³/mol. The fourth-order valence-electron chi connectivity index (χ4n) is 4.00. The first-order valence-corrected chi connectivity index (χ1v) is 14.8. The van der Waals surface area contributed by atoms with E-state index in [1.165, 1.54) is 12.1 Å². The van der Waals surface area contributed by atoms with Crippen LogP contribution in [0.5, 0.6) is 5.75 Å². The van der Waals surface area contributed by atoms with E-state index in [-0.39, 0.29) is 22.1 Å². The molecule has 0 saturated carbocycles. The molecular weight excluding hydrogens is 536 g/mol. The largest absolute Gasteiger partial charge is 0.473 e. The maximum absolute atomic E-state index is 13.4. The maximum Gasteiger partial charge on any atom is 0.269 e. The summed E-state index contributed by atoms with van der Waals surface area (Å²) < 4.78 is 6.38. The number of allylic oxidation sites excluding steroid dienone is 1.